The zero-order valence-electron chi connectivity index (χ0n) is 15.5. The highest BCUT2D eigenvalue weighted by atomic mass is 19.1. The molecule has 2 N–H and O–H groups in total. The quantitative estimate of drug-likeness (QED) is 0.653. The van der Waals surface area contributed by atoms with Crippen molar-refractivity contribution >= 4 is 28.8 Å². The van der Waals surface area contributed by atoms with Gasteiger partial charge in [-0.1, -0.05) is 12.1 Å². The van der Waals surface area contributed by atoms with Crippen LogP contribution in [0.4, 0.5) is 27.3 Å². The van der Waals surface area contributed by atoms with Crippen molar-refractivity contribution in [2.24, 2.45) is 0 Å². The number of carbonyl (C=O) groups is 1. The molecule has 1 amide bonds. The SMILES string of the molecule is CN(C)c1cnnc(Nc2ccc(NC(=O)COc3ccccc3F)cc2)c1. The normalized spacial score (nSPS) is 10.2. The summed E-state index contributed by atoms with van der Waals surface area (Å²) in [5.74, 6) is -0.236. The first-order valence-electron chi connectivity index (χ1n) is 8.55. The van der Waals surface area contributed by atoms with E-state index in [1.807, 2.05) is 25.1 Å². The molecule has 0 unspecified atom stereocenters. The summed E-state index contributed by atoms with van der Waals surface area (Å²) in [5.41, 5.74) is 2.32. The lowest BCUT2D eigenvalue weighted by Crippen LogP contribution is -2.20. The number of anilines is 4. The van der Waals surface area contributed by atoms with Gasteiger partial charge in [0.05, 0.1) is 11.9 Å². The van der Waals surface area contributed by atoms with E-state index in [4.69, 9.17) is 4.74 Å². The molecule has 28 heavy (non-hydrogen) atoms. The van der Waals surface area contributed by atoms with Gasteiger partial charge in [-0.25, -0.2) is 4.39 Å². The average molecular weight is 381 g/mol. The molecule has 3 aromatic rings. The van der Waals surface area contributed by atoms with Crippen LogP contribution in [0.25, 0.3) is 0 Å². The van der Waals surface area contributed by atoms with Gasteiger partial charge in [-0.3, -0.25) is 4.79 Å². The smallest absolute Gasteiger partial charge is 0.262 e. The Hall–Kier alpha value is -3.68. The van der Waals surface area contributed by atoms with Crippen LogP contribution in [0.15, 0.2) is 60.8 Å². The van der Waals surface area contributed by atoms with E-state index in [1.54, 1.807) is 42.6 Å². The van der Waals surface area contributed by atoms with Gasteiger partial charge >= 0.3 is 0 Å². The van der Waals surface area contributed by atoms with Crippen molar-refractivity contribution in [2.75, 3.05) is 36.2 Å². The second kappa shape index (κ2) is 8.81. The third-order valence-electron chi connectivity index (χ3n) is 3.79. The molecule has 1 heterocycles. The van der Waals surface area contributed by atoms with Crippen LogP contribution in [0, 0.1) is 5.82 Å². The Morgan fingerprint density at radius 1 is 1.11 bits per heavy atom. The molecule has 0 saturated heterocycles. The fraction of sp³-hybridized carbons (Fsp3) is 0.150. The fourth-order valence-electron chi connectivity index (χ4n) is 2.35. The van der Waals surface area contributed by atoms with Crippen molar-refractivity contribution in [3.05, 3.63) is 66.6 Å². The first kappa shape index (κ1) is 19.1. The van der Waals surface area contributed by atoms with Crippen molar-refractivity contribution < 1.29 is 13.9 Å². The molecule has 0 bridgehead atoms. The topological polar surface area (TPSA) is 79.4 Å². The Balaban J connectivity index is 1.55. The van der Waals surface area contributed by atoms with E-state index in [0.717, 1.165) is 11.4 Å². The second-order valence-electron chi connectivity index (χ2n) is 6.16. The number of ether oxygens (including phenoxy) is 1. The zero-order chi connectivity index (χ0) is 19.9. The number of para-hydroxylation sites is 1. The third kappa shape index (κ3) is 5.16. The molecule has 144 valence electrons. The highest BCUT2D eigenvalue weighted by Crippen LogP contribution is 2.20. The Morgan fingerprint density at radius 2 is 1.82 bits per heavy atom. The maximum Gasteiger partial charge on any atom is 0.262 e. The molecule has 0 aliphatic carbocycles. The fourth-order valence-corrected chi connectivity index (χ4v) is 2.35. The van der Waals surface area contributed by atoms with Crippen LogP contribution in [-0.4, -0.2) is 36.8 Å². The maximum atomic E-state index is 13.5. The largest absolute Gasteiger partial charge is 0.481 e. The number of halogens is 1. The van der Waals surface area contributed by atoms with E-state index in [2.05, 4.69) is 20.8 Å². The van der Waals surface area contributed by atoms with E-state index in [9.17, 15) is 9.18 Å². The van der Waals surface area contributed by atoms with Crippen molar-refractivity contribution in [1.29, 1.82) is 0 Å². The van der Waals surface area contributed by atoms with Crippen LogP contribution < -0.4 is 20.3 Å². The van der Waals surface area contributed by atoms with Crippen LogP contribution in [0.2, 0.25) is 0 Å². The number of benzene rings is 2. The minimum absolute atomic E-state index is 0.0401. The molecule has 8 heteroatoms. The van der Waals surface area contributed by atoms with Gasteiger partial charge < -0.3 is 20.3 Å². The molecule has 2 aromatic carbocycles. The van der Waals surface area contributed by atoms with E-state index < -0.39 is 5.82 Å². The summed E-state index contributed by atoms with van der Waals surface area (Å²) in [7, 11) is 3.85. The lowest BCUT2D eigenvalue weighted by atomic mass is 10.2. The Bertz CT molecular complexity index is 947. The molecule has 0 aliphatic heterocycles. The zero-order valence-corrected chi connectivity index (χ0v) is 15.5. The van der Waals surface area contributed by atoms with Crippen LogP contribution in [0.3, 0.4) is 0 Å². The summed E-state index contributed by atoms with van der Waals surface area (Å²) < 4.78 is 18.7. The maximum absolute atomic E-state index is 13.5. The average Bonchev–Trinajstić information content (AvgIpc) is 2.69. The van der Waals surface area contributed by atoms with Gasteiger partial charge in [0.15, 0.2) is 24.0 Å². The number of amides is 1. The first-order valence-corrected chi connectivity index (χ1v) is 8.55. The van der Waals surface area contributed by atoms with Gasteiger partial charge in [0, 0.05) is 31.5 Å². The summed E-state index contributed by atoms with van der Waals surface area (Å²) >= 11 is 0. The highest BCUT2D eigenvalue weighted by molar-refractivity contribution is 5.92. The summed E-state index contributed by atoms with van der Waals surface area (Å²) in [6.07, 6.45) is 1.67. The van der Waals surface area contributed by atoms with Gasteiger partial charge in [0.25, 0.3) is 5.91 Å². The number of hydrogen-bond donors (Lipinski definition) is 2. The van der Waals surface area contributed by atoms with Crippen LogP contribution >= 0.6 is 0 Å². The molecule has 0 radical (unpaired) electrons. The molecule has 0 saturated carbocycles. The summed E-state index contributed by atoms with van der Waals surface area (Å²) in [5, 5.41) is 13.9. The minimum Gasteiger partial charge on any atom is -0.481 e. The molecule has 0 atom stereocenters. The van der Waals surface area contributed by atoms with E-state index in [-0.39, 0.29) is 18.3 Å². The standard InChI is InChI=1S/C20H20FN5O2/c1-26(2)16-11-19(25-22-12-16)23-14-7-9-15(10-8-14)24-20(27)13-28-18-6-4-3-5-17(18)21/h3-12H,13H2,1-2H3,(H,23,25)(H,24,27). The van der Waals surface area contributed by atoms with Crippen molar-refractivity contribution in [2.45, 2.75) is 0 Å². The summed E-state index contributed by atoms with van der Waals surface area (Å²) in [4.78, 5) is 13.9. The van der Waals surface area contributed by atoms with Gasteiger partial charge in [-0.2, -0.15) is 5.10 Å². The minimum atomic E-state index is -0.507. The summed E-state index contributed by atoms with van der Waals surface area (Å²) in [6.45, 7) is -0.284. The third-order valence-corrected chi connectivity index (χ3v) is 3.79. The summed E-state index contributed by atoms with van der Waals surface area (Å²) in [6, 6.07) is 14.9. The van der Waals surface area contributed by atoms with Crippen molar-refractivity contribution in [3.63, 3.8) is 0 Å². The molecular weight excluding hydrogens is 361 g/mol. The monoisotopic (exact) mass is 381 g/mol. The number of aromatic nitrogens is 2. The Labute approximate surface area is 162 Å². The molecule has 0 spiro atoms. The molecule has 7 nitrogen and oxygen atoms in total. The van der Waals surface area contributed by atoms with Gasteiger partial charge in [-0.05, 0) is 36.4 Å². The van der Waals surface area contributed by atoms with Gasteiger partial charge in [0.2, 0.25) is 0 Å². The second-order valence-corrected chi connectivity index (χ2v) is 6.16. The molecular formula is C20H20FN5O2. The van der Waals surface area contributed by atoms with Crippen molar-refractivity contribution in [1.82, 2.24) is 10.2 Å². The van der Waals surface area contributed by atoms with E-state index in [0.29, 0.717) is 11.5 Å². The molecule has 1 aromatic heterocycles. The Morgan fingerprint density at radius 3 is 2.54 bits per heavy atom. The predicted molar refractivity (Wildman–Crippen MR) is 107 cm³/mol. The van der Waals surface area contributed by atoms with Crippen LogP contribution in [-0.2, 0) is 4.79 Å². The number of hydrogen-bond acceptors (Lipinski definition) is 6. The lowest BCUT2D eigenvalue weighted by Gasteiger charge is -2.13. The first-order chi connectivity index (χ1) is 13.5. The van der Waals surface area contributed by atoms with E-state index >= 15 is 0 Å². The van der Waals surface area contributed by atoms with Crippen LogP contribution in [0.1, 0.15) is 0 Å². The van der Waals surface area contributed by atoms with Gasteiger partial charge in [0.1, 0.15) is 0 Å². The van der Waals surface area contributed by atoms with Crippen molar-refractivity contribution in [3.8, 4) is 5.75 Å². The lowest BCUT2D eigenvalue weighted by molar-refractivity contribution is -0.118. The van der Waals surface area contributed by atoms with E-state index in [1.165, 1.54) is 12.1 Å². The number of nitrogens with zero attached hydrogens (tertiary/aromatic N) is 3. The predicted octanol–water partition coefficient (Wildman–Crippen LogP) is 3.44. The number of rotatable bonds is 7. The van der Waals surface area contributed by atoms with Crippen LogP contribution in [0.5, 0.6) is 5.75 Å². The van der Waals surface area contributed by atoms with Gasteiger partial charge in [-0.15, -0.1) is 5.10 Å². The number of carbonyl (C=O) groups excluding carboxylic acids is 1. The molecule has 0 fully saturated rings. The number of nitrogens with one attached hydrogen (secondary N) is 2. The Kier molecular flexibility index (Phi) is 6.01. The molecule has 3 rings (SSSR count). The molecule has 0 aliphatic rings. The highest BCUT2D eigenvalue weighted by Gasteiger charge is 2.07.